The summed E-state index contributed by atoms with van der Waals surface area (Å²) in [6.07, 6.45) is 5.89. The van der Waals surface area contributed by atoms with Crippen LogP contribution in [0.4, 0.5) is 4.79 Å². The first kappa shape index (κ1) is 32.4. The van der Waals surface area contributed by atoms with Gasteiger partial charge in [0.1, 0.15) is 12.1 Å². The summed E-state index contributed by atoms with van der Waals surface area (Å²) in [4.78, 5) is 80.7. The predicted octanol–water partition coefficient (Wildman–Crippen LogP) is 2.70. The fraction of sp³-hybridized carbons (Fsp3) is 0.588. The van der Waals surface area contributed by atoms with Crippen molar-refractivity contribution in [2.45, 2.75) is 84.8 Å². The number of primary amides is 1. The van der Waals surface area contributed by atoms with Gasteiger partial charge in [-0.25, -0.2) is 4.79 Å². The molecule has 11 nitrogen and oxygen atoms in total. The quantitative estimate of drug-likeness (QED) is 0.169. The van der Waals surface area contributed by atoms with Crippen LogP contribution in [0.1, 0.15) is 77.1 Å². The van der Waals surface area contributed by atoms with Crippen molar-refractivity contribution in [1.29, 1.82) is 0 Å². The van der Waals surface area contributed by atoms with Gasteiger partial charge < -0.3 is 26.6 Å². The monoisotopic (exact) mass is 619 g/mol. The molecule has 3 saturated carbocycles. The number of carbonyl (C=O) groups is 6. The van der Waals surface area contributed by atoms with Crippen LogP contribution in [0.2, 0.25) is 0 Å². The van der Waals surface area contributed by atoms with Gasteiger partial charge in [0.2, 0.25) is 11.8 Å². The molecule has 1 aliphatic heterocycles. The van der Waals surface area contributed by atoms with Crippen molar-refractivity contribution in [3.05, 3.63) is 47.7 Å². The number of hydrogen-bond donors (Lipinski definition) is 4. The third-order valence-electron chi connectivity index (χ3n) is 10.1. The molecule has 45 heavy (non-hydrogen) atoms. The van der Waals surface area contributed by atoms with Gasteiger partial charge in [-0.2, -0.15) is 0 Å². The molecular weight excluding hydrogens is 574 g/mol. The maximum absolute atomic E-state index is 14.3. The van der Waals surface area contributed by atoms with Crippen LogP contribution in [0.15, 0.2) is 42.1 Å². The van der Waals surface area contributed by atoms with Gasteiger partial charge in [0, 0.05) is 12.1 Å². The Kier molecular flexibility index (Phi) is 8.67. The lowest BCUT2D eigenvalue weighted by Crippen LogP contribution is -2.62. The van der Waals surface area contributed by atoms with E-state index in [0.29, 0.717) is 12.1 Å². The number of benzene rings is 1. The molecule has 4 fully saturated rings. The molecule has 1 heterocycles. The second-order valence-corrected chi connectivity index (χ2v) is 14.8. The standard InChI is InChI=1S/C34H45N5O6/c1-33(2,3)28(38-32(45)37-24(19-12-9-13-19)26(40)20-10-7-6-8-11-20)31(44)39-17-21-23(34(21,4)5)25(39)30(43)36-22(16-18-14-15-18)27(41)29(35)42/h6-8,10-11,16,18-19,21,23-25,28H,9,12-15,17H2,1-5H3,(H2,35,42)(H,36,43)(H2,37,38,45)/b22-16+/t21-,23-,24-,25-,28+/m0/s1. The van der Waals surface area contributed by atoms with Crippen molar-refractivity contribution in [3.63, 3.8) is 0 Å². The number of nitrogens with two attached hydrogens (primary N) is 1. The van der Waals surface area contributed by atoms with E-state index < -0.39 is 53.1 Å². The molecule has 0 unspecified atom stereocenters. The Balaban J connectivity index is 1.34. The summed E-state index contributed by atoms with van der Waals surface area (Å²) in [7, 11) is 0. The fourth-order valence-electron chi connectivity index (χ4n) is 6.91. The summed E-state index contributed by atoms with van der Waals surface area (Å²) in [6, 6.07) is 5.56. The third kappa shape index (κ3) is 6.67. The third-order valence-corrected chi connectivity index (χ3v) is 10.1. The number of nitrogens with zero attached hydrogens (tertiary/aromatic N) is 1. The topological polar surface area (TPSA) is 168 Å². The Morgan fingerprint density at radius 1 is 0.978 bits per heavy atom. The number of carbonyl (C=O) groups excluding carboxylic acids is 6. The predicted molar refractivity (Wildman–Crippen MR) is 166 cm³/mol. The van der Waals surface area contributed by atoms with Gasteiger partial charge >= 0.3 is 6.03 Å². The molecule has 5 N–H and O–H groups in total. The molecule has 242 valence electrons. The van der Waals surface area contributed by atoms with E-state index in [1.165, 1.54) is 4.90 Å². The van der Waals surface area contributed by atoms with Gasteiger partial charge in [-0.05, 0) is 60.2 Å². The zero-order chi connectivity index (χ0) is 32.8. The van der Waals surface area contributed by atoms with Crippen molar-refractivity contribution >= 4 is 35.3 Å². The van der Waals surface area contributed by atoms with Crippen molar-refractivity contribution < 1.29 is 28.8 Å². The van der Waals surface area contributed by atoms with Crippen molar-refractivity contribution in [2.75, 3.05) is 6.54 Å². The van der Waals surface area contributed by atoms with Crippen LogP contribution >= 0.6 is 0 Å². The zero-order valence-electron chi connectivity index (χ0n) is 26.7. The van der Waals surface area contributed by atoms with Crippen LogP contribution in [0.25, 0.3) is 0 Å². The highest BCUT2D eigenvalue weighted by Crippen LogP contribution is 2.65. The fourth-order valence-corrected chi connectivity index (χ4v) is 6.91. The summed E-state index contributed by atoms with van der Waals surface area (Å²) in [5, 5.41) is 8.33. The first-order chi connectivity index (χ1) is 21.1. The van der Waals surface area contributed by atoms with Crippen LogP contribution in [0.3, 0.4) is 0 Å². The molecule has 5 atom stereocenters. The van der Waals surface area contributed by atoms with Crippen molar-refractivity contribution in [3.8, 4) is 0 Å². The Hall–Kier alpha value is -4.02. The smallest absolute Gasteiger partial charge is 0.316 e. The summed E-state index contributed by atoms with van der Waals surface area (Å²) >= 11 is 0. The van der Waals surface area contributed by atoms with Crippen LogP contribution in [-0.4, -0.2) is 64.9 Å². The van der Waals surface area contributed by atoms with Gasteiger partial charge in [-0.1, -0.05) is 77.4 Å². The number of hydrogen-bond acceptors (Lipinski definition) is 6. The molecule has 5 rings (SSSR count). The molecule has 4 aliphatic rings. The van der Waals surface area contributed by atoms with Crippen molar-refractivity contribution in [1.82, 2.24) is 20.9 Å². The molecule has 11 heteroatoms. The molecule has 0 radical (unpaired) electrons. The highest BCUT2D eigenvalue weighted by molar-refractivity contribution is 6.42. The minimum atomic E-state index is -1.17. The van der Waals surface area contributed by atoms with Crippen LogP contribution in [0.5, 0.6) is 0 Å². The summed E-state index contributed by atoms with van der Waals surface area (Å²) in [5.74, 6) is -3.31. The first-order valence-electron chi connectivity index (χ1n) is 15.9. The number of rotatable bonds is 11. The Bertz CT molecular complexity index is 1420. The first-order valence-corrected chi connectivity index (χ1v) is 15.9. The van der Waals surface area contributed by atoms with Gasteiger partial charge in [0.15, 0.2) is 5.78 Å². The lowest BCUT2D eigenvalue weighted by atomic mass is 9.77. The summed E-state index contributed by atoms with van der Waals surface area (Å²) < 4.78 is 0. The molecule has 0 bridgehead atoms. The average molecular weight is 620 g/mol. The maximum atomic E-state index is 14.3. The number of ketones is 2. The van der Waals surface area contributed by atoms with Crippen LogP contribution < -0.4 is 21.7 Å². The van der Waals surface area contributed by atoms with Gasteiger partial charge in [-0.3, -0.25) is 24.0 Å². The molecule has 5 amide bonds. The van der Waals surface area contributed by atoms with E-state index >= 15 is 0 Å². The van der Waals surface area contributed by atoms with E-state index in [0.717, 1.165) is 32.1 Å². The van der Waals surface area contributed by atoms with Crippen molar-refractivity contribution in [2.24, 2.45) is 40.2 Å². The number of fused-ring (bicyclic) bond motifs is 1. The number of amides is 5. The minimum absolute atomic E-state index is 0.00856. The molecule has 3 aliphatic carbocycles. The van der Waals surface area contributed by atoms with Crippen LogP contribution in [-0.2, 0) is 19.2 Å². The van der Waals surface area contributed by atoms with Crippen LogP contribution in [0, 0.1) is 34.5 Å². The zero-order valence-corrected chi connectivity index (χ0v) is 26.7. The van der Waals surface area contributed by atoms with E-state index in [4.69, 9.17) is 5.73 Å². The molecule has 1 aromatic carbocycles. The lowest BCUT2D eigenvalue weighted by molar-refractivity contribution is -0.143. The number of allylic oxidation sites excluding steroid dienone is 1. The second-order valence-electron chi connectivity index (χ2n) is 14.8. The lowest BCUT2D eigenvalue weighted by Gasteiger charge is -2.38. The number of piperidine rings is 1. The maximum Gasteiger partial charge on any atom is 0.316 e. The van der Waals surface area contributed by atoms with E-state index in [1.54, 1.807) is 30.3 Å². The largest absolute Gasteiger partial charge is 0.363 e. The van der Waals surface area contributed by atoms with E-state index in [2.05, 4.69) is 16.0 Å². The highest BCUT2D eigenvalue weighted by atomic mass is 16.2. The Morgan fingerprint density at radius 3 is 2.16 bits per heavy atom. The number of nitrogens with one attached hydrogen (secondary N) is 3. The Labute approximate surface area is 264 Å². The molecule has 0 aromatic heterocycles. The van der Waals surface area contributed by atoms with Gasteiger partial charge in [0.25, 0.3) is 11.7 Å². The molecule has 1 saturated heterocycles. The summed E-state index contributed by atoms with van der Waals surface area (Å²) in [6.45, 7) is 9.87. The van der Waals surface area contributed by atoms with Gasteiger partial charge in [-0.15, -0.1) is 0 Å². The van der Waals surface area contributed by atoms with E-state index in [-0.39, 0.29) is 40.6 Å². The molecular formula is C34H45N5O6. The number of Topliss-reactive ketones (excluding diaryl/α,β-unsaturated/α-hetero) is 2. The molecule has 1 aromatic rings. The SMILES string of the molecule is CC(C)(C)[C@H](NC(=O)N[C@H](C(=O)c1ccccc1)C1CCC1)C(=O)N1C[C@H]2[C@@H]([C@H]1C(=O)N/C(=C/C1CC1)C(=O)C(N)=O)C2(C)C. The minimum Gasteiger partial charge on any atom is -0.363 e. The normalized spacial score (nSPS) is 25.2. The number of likely N-dealkylation sites (tertiary alicyclic amines) is 1. The summed E-state index contributed by atoms with van der Waals surface area (Å²) in [5.41, 5.74) is 4.66. The second kappa shape index (κ2) is 12.1. The highest BCUT2D eigenvalue weighted by Gasteiger charge is 2.69. The Morgan fingerprint density at radius 2 is 1.62 bits per heavy atom. The van der Waals surface area contributed by atoms with E-state index in [9.17, 15) is 28.8 Å². The average Bonchev–Trinajstić information content (AvgIpc) is 3.80. The number of urea groups is 1. The van der Waals surface area contributed by atoms with Gasteiger partial charge in [0.05, 0.1) is 11.7 Å². The van der Waals surface area contributed by atoms with E-state index in [1.807, 2.05) is 40.7 Å². The molecule has 0 spiro atoms.